The van der Waals surface area contributed by atoms with Crippen LogP contribution in [0.4, 0.5) is 10.1 Å². The van der Waals surface area contributed by atoms with Crippen LogP contribution in [-0.2, 0) is 0 Å². The highest BCUT2D eigenvalue weighted by Gasteiger charge is 2.24. The number of benzene rings is 1. The quantitative estimate of drug-likeness (QED) is 0.482. The topological polar surface area (TPSA) is 66.7 Å². The summed E-state index contributed by atoms with van der Waals surface area (Å²) in [6.07, 6.45) is 0. The molecular formula is C13H15ClFN3O3. The normalized spacial score (nSPS) is 16.0. The van der Waals surface area contributed by atoms with E-state index in [0.29, 0.717) is 32.1 Å². The predicted octanol–water partition coefficient (Wildman–Crippen LogP) is 1.73. The smallest absolute Gasteiger partial charge is 0.272 e. The summed E-state index contributed by atoms with van der Waals surface area (Å²) in [5.41, 5.74) is -0.498. The number of piperazine rings is 1. The van der Waals surface area contributed by atoms with Gasteiger partial charge in [0.05, 0.1) is 16.6 Å². The molecule has 0 aromatic heterocycles. The van der Waals surface area contributed by atoms with Crippen LogP contribution in [-0.4, -0.2) is 59.2 Å². The van der Waals surface area contributed by atoms with Crippen LogP contribution in [0.15, 0.2) is 18.2 Å². The molecule has 0 saturated carbocycles. The molecule has 0 radical (unpaired) electrons. The number of alkyl halides is 1. The van der Waals surface area contributed by atoms with E-state index in [1.54, 1.807) is 4.90 Å². The van der Waals surface area contributed by atoms with Crippen LogP contribution in [0.5, 0.6) is 0 Å². The Hall–Kier alpha value is -1.73. The van der Waals surface area contributed by atoms with E-state index in [-0.39, 0.29) is 11.3 Å². The number of nitro benzene ring substituents is 1. The summed E-state index contributed by atoms with van der Waals surface area (Å²) >= 11 is 5.66. The third-order valence-corrected chi connectivity index (χ3v) is 3.62. The summed E-state index contributed by atoms with van der Waals surface area (Å²) < 4.78 is 13.8. The Bertz CT molecular complexity index is 547. The van der Waals surface area contributed by atoms with Crippen molar-refractivity contribution in [1.82, 2.24) is 9.80 Å². The number of amides is 1. The van der Waals surface area contributed by atoms with E-state index >= 15 is 0 Å². The molecule has 0 N–H and O–H groups in total. The lowest BCUT2D eigenvalue weighted by Crippen LogP contribution is -2.49. The number of nitro groups is 1. The number of carbonyl (C=O) groups excluding carboxylic acids is 1. The molecule has 21 heavy (non-hydrogen) atoms. The molecule has 114 valence electrons. The number of non-ortho nitro benzene ring substituents is 1. The fourth-order valence-corrected chi connectivity index (χ4v) is 2.49. The number of nitrogens with zero attached hydrogens (tertiary/aromatic N) is 3. The van der Waals surface area contributed by atoms with E-state index in [2.05, 4.69) is 4.90 Å². The Morgan fingerprint density at radius 1 is 1.33 bits per heavy atom. The molecule has 8 heteroatoms. The number of hydrogen-bond donors (Lipinski definition) is 0. The van der Waals surface area contributed by atoms with E-state index < -0.39 is 16.6 Å². The van der Waals surface area contributed by atoms with Crippen molar-refractivity contribution in [2.75, 3.05) is 38.6 Å². The fraction of sp³-hybridized carbons (Fsp3) is 0.462. The zero-order valence-electron chi connectivity index (χ0n) is 11.3. The molecule has 1 amide bonds. The van der Waals surface area contributed by atoms with E-state index in [1.165, 1.54) is 6.07 Å². The molecule has 1 aliphatic heterocycles. The number of halogens is 2. The lowest BCUT2D eigenvalue weighted by Gasteiger charge is -2.34. The minimum atomic E-state index is -0.864. The van der Waals surface area contributed by atoms with Crippen molar-refractivity contribution >= 4 is 23.2 Å². The van der Waals surface area contributed by atoms with Gasteiger partial charge in [0.25, 0.3) is 11.6 Å². The SMILES string of the molecule is O=C(c1ccc([N+](=O)[O-])cc1F)N1CCN(CCCl)CC1. The maximum absolute atomic E-state index is 13.8. The molecule has 0 aliphatic carbocycles. The number of carbonyl (C=O) groups is 1. The Kier molecular flexibility index (Phi) is 5.08. The molecule has 0 bridgehead atoms. The minimum absolute atomic E-state index is 0.133. The second kappa shape index (κ2) is 6.82. The van der Waals surface area contributed by atoms with Crippen LogP contribution in [0.3, 0.4) is 0 Å². The first kappa shape index (κ1) is 15.7. The molecule has 2 rings (SSSR count). The van der Waals surface area contributed by atoms with Crippen molar-refractivity contribution in [2.45, 2.75) is 0 Å². The van der Waals surface area contributed by atoms with Crippen molar-refractivity contribution < 1.29 is 14.1 Å². The maximum Gasteiger partial charge on any atom is 0.272 e. The van der Waals surface area contributed by atoms with Gasteiger partial charge in [0.15, 0.2) is 0 Å². The molecule has 0 unspecified atom stereocenters. The number of rotatable bonds is 4. The van der Waals surface area contributed by atoms with Crippen LogP contribution in [0.25, 0.3) is 0 Å². The van der Waals surface area contributed by atoms with Crippen LogP contribution >= 0.6 is 11.6 Å². The molecule has 6 nitrogen and oxygen atoms in total. The van der Waals surface area contributed by atoms with Crippen molar-refractivity contribution in [3.05, 3.63) is 39.7 Å². The van der Waals surface area contributed by atoms with Gasteiger partial charge < -0.3 is 4.90 Å². The molecule has 1 aromatic rings. The lowest BCUT2D eigenvalue weighted by atomic mass is 10.1. The summed E-state index contributed by atoms with van der Waals surface area (Å²) in [7, 11) is 0. The van der Waals surface area contributed by atoms with Crippen molar-refractivity contribution in [3.8, 4) is 0 Å². The summed E-state index contributed by atoms with van der Waals surface area (Å²) in [5, 5.41) is 10.6. The van der Waals surface area contributed by atoms with Crippen molar-refractivity contribution in [3.63, 3.8) is 0 Å². The predicted molar refractivity (Wildman–Crippen MR) is 76.1 cm³/mol. The van der Waals surface area contributed by atoms with Gasteiger partial charge in [-0.2, -0.15) is 0 Å². The molecule has 1 saturated heterocycles. The van der Waals surface area contributed by atoms with Gasteiger partial charge in [-0.05, 0) is 6.07 Å². The van der Waals surface area contributed by atoms with Gasteiger partial charge in [-0.1, -0.05) is 0 Å². The standard InChI is InChI=1S/C13H15ClFN3O3/c14-3-4-16-5-7-17(8-6-16)13(19)11-2-1-10(18(20)21)9-12(11)15/h1-2,9H,3-8H2. The second-order valence-electron chi connectivity index (χ2n) is 4.74. The van der Waals surface area contributed by atoms with Crippen LogP contribution in [0.1, 0.15) is 10.4 Å². The van der Waals surface area contributed by atoms with Gasteiger partial charge >= 0.3 is 0 Å². The van der Waals surface area contributed by atoms with Gasteiger partial charge in [0.2, 0.25) is 0 Å². The Balaban J connectivity index is 2.06. The number of hydrogen-bond acceptors (Lipinski definition) is 4. The largest absolute Gasteiger partial charge is 0.336 e. The second-order valence-corrected chi connectivity index (χ2v) is 5.12. The van der Waals surface area contributed by atoms with Gasteiger partial charge in [-0.15, -0.1) is 11.6 Å². The first-order valence-corrected chi connectivity index (χ1v) is 7.08. The summed E-state index contributed by atoms with van der Waals surface area (Å²) in [6.45, 7) is 3.12. The minimum Gasteiger partial charge on any atom is -0.336 e. The maximum atomic E-state index is 13.8. The van der Waals surface area contributed by atoms with E-state index in [0.717, 1.165) is 18.7 Å². The Labute approximate surface area is 126 Å². The first-order chi connectivity index (χ1) is 10.0. The molecule has 1 heterocycles. The summed E-state index contributed by atoms with van der Waals surface area (Å²) in [6, 6.07) is 3.08. The molecule has 1 fully saturated rings. The van der Waals surface area contributed by atoms with Crippen LogP contribution in [0, 0.1) is 15.9 Å². The van der Waals surface area contributed by atoms with Crippen molar-refractivity contribution in [1.29, 1.82) is 0 Å². The monoisotopic (exact) mass is 315 g/mol. The van der Waals surface area contributed by atoms with Crippen LogP contribution in [0.2, 0.25) is 0 Å². The molecule has 1 aromatic carbocycles. The average molecular weight is 316 g/mol. The summed E-state index contributed by atoms with van der Waals surface area (Å²) in [4.78, 5) is 25.8. The zero-order chi connectivity index (χ0) is 15.4. The van der Waals surface area contributed by atoms with E-state index in [9.17, 15) is 19.3 Å². The molecule has 0 spiro atoms. The molecule has 0 atom stereocenters. The zero-order valence-corrected chi connectivity index (χ0v) is 12.1. The van der Waals surface area contributed by atoms with Gasteiger partial charge in [-0.25, -0.2) is 4.39 Å². The van der Waals surface area contributed by atoms with Gasteiger partial charge in [0.1, 0.15) is 5.82 Å². The third-order valence-electron chi connectivity index (χ3n) is 3.45. The third kappa shape index (κ3) is 3.68. The first-order valence-electron chi connectivity index (χ1n) is 6.54. The highest BCUT2D eigenvalue weighted by Crippen LogP contribution is 2.18. The average Bonchev–Trinajstić information content (AvgIpc) is 2.47. The van der Waals surface area contributed by atoms with Gasteiger partial charge in [-0.3, -0.25) is 19.8 Å². The fourth-order valence-electron chi connectivity index (χ4n) is 2.26. The Morgan fingerprint density at radius 3 is 2.52 bits per heavy atom. The lowest BCUT2D eigenvalue weighted by molar-refractivity contribution is -0.385. The van der Waals surface area contributed by atoms with Crippen molar-refractivity contribution in [2.24, 2.45) is 0 Å². The van der Waals surface area contributed by atoms with Crippen LogP contribution < -0.4 is 0 Å². The van der Waals surface area contributed by atoms with E-state index in [1.807, 2.05) is 0 Å². The summed E-state index contributed by atoms with van der Waals surface area (Å²) in [5.74, 6) is -0.768. The molecular weight excluding hydrogens is 301 g/mol. The Morgan fingerprint density at radius 2 is 2.00 bits per heavy atom. The highest BCUT2D eigenvalue weighted by atomic mass is 35.5. The highest BCUT2D eigenvalue weighted by molar-refractivity contribution is 6.18. The molecule has 1 aliphatic rings. The van der Waals surface area contributed by atoms with E-state index in [4.69, 9.17) is 11.6 Å². The van der Waals surface area contributed by atoms with Gasteiger partial charge in [0, 0.05) is 44.7 Å².